The van der Waals surface area contributed by atoms with E-state index in [1.54, 1.807) is 17.7 Å². The van der Waals surface area contributed by atoms with E-state index in [0.29, 0.717) is 24.5 Å². The van der Waals surface area contributed by atoms with Crippen LogP contribution in [0.25, 0.3) is 10.2 Å². The van der Waals surface area contributed by atoms with E-state index in [1.165, 1.54) is 0 Å². The van der Waals surface area contributed by atoms with Crippen molar-refractivity contribution in [2.45, 2.75) is 12.5 Å². The zero-order valence-electron chi connectivity index (χ0n) is 14.7. The van der Waals surface area contributed by atoms with E-state index in [1.807, 2.05) is 40.6 Å². The molecule has 1 aliphatic heterocycles. The average molecular weight is 402 g/mol. The third-order valence-electron chi connectivity index (χ3n) is 4.80. The van der Waals surface area contributed by atoms with Crippen LogP contribution < -0.4 is 10.6 Å². The van der Waals surface area contributed by atoms with Crippen molar-refractivity contribution in [2.24, 2.45) is 5.73 Å². The molecule has 8 heteroatoms. The average Bonchev–Trinajstić information content (AvgIpc) is 3.18. The smallest absolute Gasteiger partial charge is 0.239 e. The van der Waals surface area contributed by atoms with Gasteiger partial charge < -0.3 is 15.5 Å². The van der Waals surface area contributed by atoms with Crippen molar-refractivity contribution < 1.29 is 4.79 Å². The lowest BCUT2D eigenvalue weighted by Crippen LogP contribution is -2.53. The summed E-state index contributed by atoms with van der Waals surface area (Å²) in [7, 11) is 0. The van der Waals surface area contributed by atoms with Gasteiger partial charge in [0.1, 0.15) is 12.1 Å². The molecule has 0 saturated carbocycles. The fraction of sp³-hybridized carbons (Fsp3) is 0.316. The summed E-state index contributed by atoms with van der Waals surface area (Å²) < 4.78 is 1.09. The predicted octanol–water partition coefficient (Wildman–Crippen LogP) is 2.56. The lowest BCUT2D eigenvalue weighted by molar-refractivity contribution is -0.132. The molecule has 0 radical (unpaired) electrons. The molecule has 2 aromatic heterocycles. The highest BCUT2D eigenvalue weighted by Gasteiger charge is 2.26. The van der Waals surface area contributed by atoms with Gasteiger partial charge in [0.25, 0.3) is 0 Å². The Labute approximate surface area is 166 Å². The SMILES string of the molecule is NC(Cc1ccc(Cl)cc1)C(=O)N1CCN(c2ncnc3ccsc23)CC1. The van der Waals surface area contributed by atoms with Gasteiger partial charge in [-0.15, -0.1) is 11.3 Å². The van der Waals surface area contributed by atoms with Crippen LogP contribution in [0, 0.1) is 0 Å². The lowest BCUT2D eigenvalue weighted by atomic mass is 10.1. The first kappa shape index (κ1) is 18.2. The van der Waals surface area contributed by atoms with Crippen molar-refractivity contribution >= 4 is 44.9 Å². The summed E-state index contributed by atoms with van der Waals surface area (Å²) in [5, 5.41) is 2.71. The summed E-state index contributed by atoms with van der Waals surface area (Å²) in [6, 6.07) is 8.92. The van der Waals surface area contributed by atoms with E-state index in [-0.39, 0.29) is 5.91 Å². The summed E-state index contributed by atoms with van der Waals surface area (Å²) in [5.74, 6) is 0.945. The first-order valence-electron chi connectivity index (χ1n) is 8.84. The molecule has 0 spiro atoms. The molecule has 1 saturated heterocycles. The number of nitrogens with zero attached hydrogens (tertiary/aromatic N) is 4. The van der Waals surface area contributed by atoms with Crippen LogP contribution in [0.3, 0.4) is 0 Å². The molecule has 1 fully saturated rings. The van der Waals surface area contributed by atoms with Gasteiger partial charge in [0.2, 0.25) is 5.91 Å². The van der Waals surface area contributed by atoms with Gasteiger partial charge in [-0.2, -0.15) is 0 Å². The highest BCUT2D eigenvalue weighted by atomic mass is 35.5. The molecule has 0 bridgehead atoms. The largest absolute Gasteiger partial charge is 0.352 e. The monoisotopic (exact) mass is 401 g/mol. The summed E-state index contributed by atoms with van der Waals surface area (Å²) in [4.78, 5) is 25.5. The summed E-state index contributed by atoms with van der Waals surface area (Å²) >= 11 is 7.55. The fourth-order valence-corrected chi connectivity index (χ4v) is 4.32. The highest BCUT2D eigenvalue weighted by molar-refractivity contribution is 7.17. The Morgan fingerprint density at radius 3 is 2.63 bits per heavy atom. The number of fused-ring (bicyclic) bond motifs is 1. The van der Waals surface area contributed by atoms with Crippen LogP contribution in [0.2, 0.25) is 5.02 Å². The normalized spacial score (nSPS) is 15.9. The Hall–Kier alpha value is -2.22. The van der Waals surface area contributed by atoms with Gasteiger partial charge in [-0.05, 0) is 35.6 Å². The second-order valence-corrected chi connectivity index (χ2v) is 7.93. The zero-order chi connectivity index (χ0) is 18.8. The van der Waals surface area contributed by atoms with Crippen LogP contribution in [0.15, 0.2) is 42.0 Å². The molecule has 27 heavy (non-hydrogen) atoms. The number of thiophene rings is 1. The number of carbonyl (C=O) groups excluding carboxylic acids is 1. The number of hydrogen-bond acceptors (Lipinski definition) is 6. The van der Waals surface area contributed by atoms with Crippen molar-refractivity contribution in [1.82, 2.24) is 14.9 Å². The molecule has 1 aliphatic rings. The Morgan fingerprint density at radius 2 is 1.89 bits per heavy atom. The minimum absolute atomic E-state index is 0.00596. The second-order valence-electron chi connectivity index (χ2n) is 6.58. The number of carbonyl (C=O) groups is 1. The van der Waals surface area contributed by atoms with Crippen LogP contribution in [-0.2, 0) is 11.2 Å². The first-order chi connectivity index (χ1) is 13.1. The topological polar surface area (TPSA) is 75.4 Å². The summed E-state index contributed by atoms with van der Waals surface area (Å²) in [6.45, 7) is 2.76. The van der Waals surface area contributed by atoms with Gasteiger partial charge >= 0.3 is 0 Å². The molecule has 1 amide bonds. The maximum atomic E-state index is 12.7. The molecule has 1 aromatic carbocycles. The molecule has 1 unspecified atom stereocenters. The number of piperazine rings is 1. The van der Waals surface area contributed by atoms with E-state index >= 15 is 0 Å². The van der Waals surface area contributed by atoms with Crippen molar-refractivity contribution in [3.8, 4) is 0 Å². The molecule has 0 aliphatic carbocycles. The van der Waals surface area contributed by atoms with E-state index in [0.717, 1.165) is 34.7 Å². The molecule has 2 N–H and O–H groups in total. The van der Waals surface area contributed by atoms with E-state index in [9.17, 15) is 4.79 Å². The summed E-state index contributed by atoms with van der Waals surface area (Å²) in [6.07, 6.45) is 2.11. The number of amides is 1. The highest BCUT2D eigenvalue weighted by Crippen LogP contribution is 2.28. The van der Waals surface area contributed by atoms with Crippen molar-refractivity contribution in [3.63, 3.8) is 0 Å². The quantitative estimate of drug-likeness (QED) is 0.727. The van der Waals surface area contributed by atoms with Crippen molar-refractivity contribution in [1.29, 1.82) is 0 Å². The molecule has 3 heterocycles. The minimum atomic E-state index is -0.541. The maximum absolute atomic E-state index is 12.7. The molecule has 1 atom stereocenters. The molecular formula is C19H20ClN5OS. The van der Waals surface area contributed by atoms with Gasteiger partial charge in [0.05, 0.1) is 16.3 Å². The van der Waals surface area contributed by atoms with Gasteiger partial charge in [-0.1, -0.05) is 23.7 Å². The maximum Gasteiger partial charge on any atom is 0.239 e. The van der Waals surface area contributed by atoms with Crippen molar-refractivity contribution in [3.05, 3.63) is 52.6 Å². The Kier molecular flexibility index (Phi) is 5.24. The van der Waals surface area contributed by atoms with Gasteiger partial charge in [-0.3, -0.25) is 4.79 Å². The summed E-state index contributed by atoms with van der Waals surface area (Å²) in [5.41, 5.74) is 8.15. The number of nitrogens with two attached hydrogens (primary N) is 1. The molecule has 4 rings (SSSR count). The lowest BCUT2D eigenvalue weighted by Gasteiger charge is -2.36. The number of benzene rings is 1. The fourth-order valence-electron chi connectivity index (χ4n) is 3.34. The Balaban J connectivity index is 1.37. The predicted molar refractivity (Wildman–Crippen MR) is 109 cm³/mol. The van der Waals surface area contributed by atoms with Gasteiger partial charge in [0.15, 0.2) is 0 Å². The number of hydrogen-bond donors (Lipinski definition) is 1. The third kappa shape index (κ3) is 3.90. The van der Waals surface area contributed by atoms with Gasteiger partial charge in [-0.25, -0.2) is 9.97 Å². The number of aromatic nitrogens is 2. The minimum Gasteiger partial charge on any atom is -0.352 e. The number of rotatable bonds is 4. The van der Waals surface area contributed by atoms with E-state index in [2.05, 4.69) is 14.9 Å². The van der Waals surface area contributed by atoms with E-state index < -0.39 is 6.04 Å². The second kappa shape index (κ2) is 7.80. The third-order valence-corrected chi connectivity index (χ3v) is 5.95. The Morgan fingerprint density at radius 1 is 1.15 bits per heavy atom. The van der Waals surface area contributed by atoms with Crippen LogP contribution in [0.1, 0.15) is 5.56 Å². The van der Waals surface area contributed by atoms with Crippen LogP contribution in [0.5, 0.6) is 0 Å². The number of anilines is 1. The Bertz CT molecular complexity index is 937. The van der Waals surface area contributed by atoms with E-state index in [4.69, 9.17) is 17.3 Å². The van der Waals surface area contributed by atoms with Crippen LogP contribution in [0.4, 0.5) is 5.82 Å². The molecule has 6 nitrogen and oxygen atoms in total. The van der Waals surface area contributed by atoms with Crippen LogP contribution in [-0.4, -0.2) is 53.0 Å². The van der Waals surface area contributed by atoms with Crippen molar-refractivity contribution in [2.75, 3.05) is 31.1 Å². The molecule has 140 valence electrons. The van der Waals surface area contributed by atoms with Crippen LogP contribution >= 0.6 is 22.9 Å². The number of halogens is 1. The standard InChI is InChI=1S/C19H20ClN5OS/c20-14-3-1-13(2-4-14)11-15(21)19(26)25-8-6-24(7-9-25)18-17-16(5-10-27-17)22-12-23-18/h1-5,10,12,15H,6-9,11,21H2. The zero-order valence-corrected chi connectivity index (χ0v) is 16.3. The molecule has 3 aromatic rings. The molecular weight excluding hydrogens is 382 g/mol. The first-order valence-corrected chi connectivity index (χ1v) is 10.1. The van der Waals surface area contributed by atoms with Gasteiger partial charge in [0, 0.05) is 31.2 Å².